The summed E-state index contributed by atoms with van der Waals surface area (Å²) in [4.78, 5) is 0. The lowest BCUT2D eigenvalue weighted by Gasteiger charge is -2.30. The summed E-state index contributed by atoms with van der Waals surface area (Å²) in [5.74, 6) is 2.09. The molecule has 9 rings (SSSR count). The molecule has 0 bridgehead atoms. The zero-order valence-corrected chi connectivity index (χ0v) is 39.8. The largest absolute Gasteiger partial charge is 0.507 e. The van der Waals surface area contributed by atoms with E-state index in [9.17, 15) is 10.2 Å². The second-order valence-electron chi connectivity index (χ2n) is 19.8. The van der Waals surface area contributed by atoms with Crippen LogP contribution in [0.1, 0.15) is 143 Å². The summed E-state index contributed by atoms with van der Waals surface area (Å²) in [6.45, 7) is 15.3. The highest BCUT2D eigenvalue weighted by Crippen LogP contribution is 2.50. The SMILES string of the molecule is C=C1CCCCC/C=C2/CCCCC2=C1c1cc(C)cc(-c2ccccc2O[C@H](C)C(C)C(C)Oc2ccccc2-c2cc(C)cc(-c3c4c(cc5c3CCCC5)CCCC4)c2O)c1O. The zero-order valence-electron chi connectivity index (χ0n) is 39.8. The van der Waals surface area contributed by atoms with Crippen molar-refractivity contribution in [3.05, 3.63) is 147 Å². The Balaban J connectivity index is 1.000. The number of rotatable bonds is 10. The van der Waals surface area contributed by atoms with Crippen LogP contribution in [-0.2, 0) is 25.7 Å². The molecular formula is C61H70O4. The van der Waals surface area contributed by atoms with Crippen LogP contribution in [0.15, 0.2) is 108 Å². The minimum absolute atomic E-state index is 0.0171. The van der Waals surface area contributed by atoms with E-state index >= 15 is 0 Å². The molecule has 1 saturated carbocycles. The quantitative estimate of drug-likeness (QED) is 0.147. The zero-order chi connectivity index (χ0) is 45.2. The normalized spacial score (nSPS) is 18.9. The summed E-state index contributed by atoms with van der Waals surface area (Å²) in [5.41, 5.74) is 19.7. The van der Waals surface area contributed by atoms with Crippen molar-refractivity contribution in [1.29, 1.82) is 0 Å². The number of phenols is 2. The van der Waals surface area contributed by atoms with Crippen molar-refractivity contribution in [2.75, 3.05) is 0 Å². The van der Waals surface area contributed by atoms with Crippen LogP contribution in [0.25, 0.3) is 39.0 Å². The summed E-state index contributed by atoms with van der Waals surface area (Å²) in [7, 11) is 0. The number of para-hydroxylation sites is 2. The number of hydrogen-bond donors (Lipinski definition) is 2. The number of aryl methyl sites for hydroxylation is 4. The fourth-order valence-electron chi connectivity index (χ4n) is 11.5. The molecule has 4 nitrogen and oxygen atoms in total. The standard InChI is InChI=1S/C61H70O4/c1-38-33-52(60(62)54(35-38)58-40(3)21-9-7-8-10-22-44-23-11-14-26-47(44)58)50-29-17-19-31-56(50)64-42(5)41(4)43(6)65-57-32-20-18-30-51(57)53-34-39(2)36-55(61(53)63)59-48-27-15-12-24-45(48)37-46-25-13-16-28-49(46)59/h17-20,22,29-37,41-43,62-63H,3,7-16,21,23-28H2,1-2,4-6H3/b44-22-,58-47?/t41?,42-,43?/m1/s1. The van der Waals surface area contributed by atoms with Crippen molar-refractivity contribution in [1.82, 2.24) is 0 Å². The summed E-state index contributed by atoms with van der Waals surface area (Å²) < 4.78 is 13.8. The van der Waals surface area contributed by atoms with Gasteiger partial charge in [0.05, 0.1) is 0 Å². The van der Waals surface area contributed by atoms with Gasteiger partial charge in [0.15, 0.2) is 0 Å². The van der Waals surface area contributed by atoms with E-state index in [1.807, 2.05) is 36.4 Å². The molecule has 0 spiro atoms. The minimum Gasteiger partial charge on any atom is -0.507 e. The second-order valence-corrected chi connectivity index (χ2v) is 19.8. The fraction of sp³-hybridized carbons (Fsp3) is 0.410. The molecule has 0 amide bonds. The van der Waals surface area contributed by atoms with Crippen LogP contribution in [-0.4, -0.2) is 22.4 Å². The van der Waals surface area contributed by atoms with Crippen LogP contribution in [0, 0.1) is 19.8 Å². The maximum Gasteiger partial charge on any atom is 0.131 e. The Morgan fingerprint density at radius 3 is 1.62 bits per heavy atom. The monoisotopic (exact) mass is 867 g/mol. The lowest BCUT2D eigenvalue weighted by atomic mass is 9.76. The molecule has 65 heavy (non-hydrogen) atoms. The highest BCUT2D eigenvalue weighted by molar-refractivity contribution is 5.91. The maximum absolute atomic E-state index is 12.4. The number of aromatic hydroxyl groups is 2. The number of allylic oxidation sites excluding steroid dienone is 5. The Hall–Kier alpha value is -5.48. The Morgan fingerprint density at radius 2 is 1.00 bits per heavy atom. The van der Waals surface area contributed by atoms with Gasteiger partial charge < -0.3 is 19.7 Å². The molecule has 0 aromatic heterocycles. The van der Waals surface area contributed by atoms with E-state index in [0.29, 0.717) is 11.5 Å². The molecule has 4 aliphatic carbocycles. The molecule has 5 aromatic carbocycles. The summed E-state index contributed by atoms with van der Waals surface area (Å²) in [5, 5.41) is 24.8. The first-order valence-corrected chi connectivity index (χ1v) is 25.0. The van der Waals surface area contributed by atoms with Gasteiger partial charge in [0.25, 0.3) is 0 Å². The molecule has 338 valence electrons. The topological polar surface area (TPSA) is 58.9 Å². The van der Waals surface area contributed by atoms with Gasteiger partial charge in [-0.05, 0) is 228 Å². The predicted octanol–water partition coefficient (Wildman–Crippen LogP) is 16.1. The third kappa shape index (κ3) is 9.20. The molecule has 0 radical (unpaired) electrons. The van der Waals surface area contributed by atoms with Crippen LogP contribution in [0.5, 0.6) is 23.0 Å². The van der Waals surface area contributed by atoms with Gasteiger partial charge in [0.1, 0.15) is 35.2 Å². The van der Waals surface area contributed by atoms with Crippen molar-refractivity contribution in [3.8, 4) is 56.4 Å². The van der Waals surface area contributed by atoms with Gasteiger partial charge in [-0.2, -0.15) is 0 Å². The van der Waals surface area contributed by atoms with Crippen molar-refractivity contribution < 1.29 is 19.7 Å². The van der Waals surface area contributed by atoms with Crippen LogP contribution in [0.2, 0.25) is 0 Å². The van der Waals surface area contributed by atoms with Crippen molar-refractivity contribution in [3.63, 3.8) is 0 Å². The number of fused-ring (bicyclic) bond motifs is 3. The first kappa shape index (κ1) is 44.7. The molecule has 0 aliphatic heterocycles. The molecule has 1 fully saturated rings. The first-order valence-electron chi connectivity index (χ1n) is 25.0. The van der Waals surface area contributed by atoms with E-state index < -0.39 is 0 Å². The average molecular weight is 867 g/mol. The molecular weight excluding hydrogens is 797 g/mol. The first-order chi connectivity index (χ1) is 31.6. The van der Waals surface area contributed by atoms with E-state index in [0.717, 1.165) is 131 Å². The molecule has 4 heteroatoms. The van der Waals surface area contributed by atoms with E-state index in [4.69, 9.17) is 9.47 Å². The van der Waals surface area contributed by atoms with Gasteiger partial charge in [-0.1, -0.05) is 68.5 Å². The second kappa shape index (κ2) is 19.5. The summed E-state index contributed by atoms with van der Waals surface area (Å²) in [6, 6.07) is 27.4. The number of ether oxygens (including phenoxy) is 2. The van der Waals surface area contributed by atoms with Gasteiger partial charge in [-0.25, -0.2) is 0 Å². The van der Waals surface area contributed by atoms with E-state index in [1.165, 1.54) is 83.9 Å². The van der Waals surface area contributed by atoms with Gasteiger partial charge in [0, 0.05) is 39.3 Å². The van der Waals surface area contributed by atoms with Crippen LogP contribution < -0.4 is 9.47 Å². The Labute approximate surface area is 389 Å². The number of phenolic OH excluding ortho intramolecular Hbond substituents is 2. The van der Waals surface area contributed by atoms with Gasteiger partial charge in [-0.3, -0.25) is 0 Å². The Kier molecular flexibility index (Phi) is 13.4. The molecule has 0 heterocycles. The fourth-order valence-corrected chi connectivity index (χ4v) is 11.5. The summed E-state index contributed by atoms with van der Waals surface area (Å²) in [6.07, 6.45) is 21.4. The molecule has 2 N–H and O–H groups in total. The van der Waals surface area contributed by atoms with Gasteiger partial charge in [0.2, 0.25) is 0 Å². The smallest absolute Gasteiger partial charge is 0.131 e. The highest BCUT2D eigenvalue weighted by atomic mass is 16.5. The van der Waals surface area contributed by atoms with E-state index in [-0.39, 0.29) is 18.1 Å². The number of hydrogen-bond acceptors (Lipinski definition) is 4. The lowest BCUT2D eigenvalue weighted by molar-refractivity contribution is 0.0706. The van der Waals surface area contributed by atoms with Crippen molar-refractivity contribution in [2.24, 2.45) is 5.92 Å². The molecule has 4 aliphatic rings. The third-order valence-corrected chi connectivity index (χ3v) is 15.2. The molecule has 0 saturated heterocycles. The molecule has 3 atom stereocenters. The van der Waals surface area contributed by atoms with E-state index in [1.54, 1.807) is 0 Å². The lowest BCUT2D eigenvalue weighted by Crippen LogP contribution is -2.33. The third-order valence-electron chi connectivity index (χ3n) is 15.2. The van der Waals surface area contributed by atoms with Crippen LogP contribution in [0.4, 0.5) is 0 Å². The Morgan fingerprint density at radius 1 is 0.508 bits per heavy atom. The van der Waals surface area contributed by atoms with Gasteiger partial charge in [-0.15, -0.1) is 0 Å². The number of benzene rings is 5. The summed E-state index contributed by atoms with van der Waals surface area (Å²) >= 11 is 0. The molecule has 2 unspecified atom stereocenters. The van der Waals surface area contributed by atoms with Crippen LogP contribution in [0.3, 0.4) is 0 Å². The predicted molar refractivity (Wildman–Crippen MR) is 270 cm³/mol. The Bertz CT molecular complexity index is 2620. The van der Waals surface area contributed by atoms with E-state index in [2.05, 4.69) is 89.7 Å². The highest BCUT2D eigenvalue weighted by Gasteiger charge is 2.29. The van der Waals surface area contributed by atoms with Crippen molar-refractivity contribution in [2.45, 2.75) is 156 Å². The maximum atomic E-state index is 12.4. The van der Waals surface area contributed by atoms with Crippen molar-refractivity contribution >= 4 is 5.57 Å². The van der Waals surface area contributed by atoms with Gasteiger partial charge >= 0.3 is 0 Å². The molecule has 5 aromatic rings. The average Bonchev–Trinajstić information content (AvgIpc) is 3.31. The van der Waals surface area contributed by atoms with Crippen LogP contribution >= 0.6 is 0 Å². The minimum atomic E-state index is -0.225.